The third kappa shape index (κ3) is 2.76. The van der Waals surface area contributed by atoms with Crippen molar-refractivity contribution >= 4 is 0 Å². The lowest BCUT2D eigenvalue weighted by atomic mass is 9.89. The van der Waals surface area contributed by atoms with Crippen molar-refractivity contribution in [3.05, 3.63) is 48.0 Å². The quantitative estimate of drug-likeness (QED) is 0.876. The molecule has 0 aliphatic heterocycles. The van der Waals surface area contributed by atoms with Crippen molar-refractivity contribution in [1.29, 1.82) is 0 Å². The SMILES string of the molecule is CCCn1ncnc1CC(C)(N)c1ccccc1. The van der Waals surface area contributed by atoms with Crippen LogP contribution in [0.2, 0.25) is 0 Å². The van der Waals surface area contributed by atoms with E-state index >= 15 is 0 Å². The van der Waals surface area contributed by atoms with Crippen LogP contribution in [0.1, 0.15) is 31.7 Å². The van der Waals surface area contributed by atoms with Crippen LogP contribution >= 0.6 is 0 Å². The molecule has 0 radical (unpaired) electrons. The van der Waals surface area contributed by atoms with Crippen LogP contribution in [0, 0.1) is 0 Å². The van der Waals surface area contributed by atoms with Gasteiger partial charge in [-0.05, 0) is 18.9 Å². The van der Waals surface area contributed by atoms with Gasteiger partial charge < -0.3 is 5.73 Å². The van der Waals surface area contributed by atoms with E-state index in [2.05, 4.69) is 29.1 Å². The van der Waals surface area contributed by atoms with Gasteiger partial charge in [-0.3, -0.25) is 4.68 Å². The Morgan fingerprint density at radius 3 is 2.67 bits per heavy atom. The van der Waals surface area contributed by atoms with Gasteiger partial charge in [0.2, 0.25) is 0 Å². The van der Waals surface area contributed by atoms with Crippen molar-refractivity contribution in [3.63, 3.8) is 0 Å². The molecule has 2 aromatic rings. The fourth-order valence-corrected chi connectivity index (χ4v) is 2.07. The summed E-state index contributed by atoms with van der Waals surface area (Å²) >= 11 is 0. The van der Waals surface area contributed by atoms with Gasteiger partial charge in [0.05, 0.1) is 0 Å². The summed E-state index contributed by atoms with van der Waals surface area (Å²) in [7, 11) is 0. The zero-order chi connectivity index (χ0) is 13.0. The Balaban J connectivity index is 2.19. The number of hydrogen-bond donors (Lipinski definition) is 1. The lowest BCUT2D eigenvalue weighted by Crippen LogP contribution is -2.36. The number of rotatable bonds is 5. The van der Waals surface area contributed by atoms with Gasteiger partial charge in [0.1, 0.15) is 12.2 Å². The van der Waals surface area contributed by atoms with Crippen LogP contribution in [0.25, 0.3) is 0 Å². The van der Waals surface area contributed by atoms with Crippen LogP contribution in [0.3, 0.4) is 0 Å². The molecule has 0 spiro atoms. The smallest absolute Gasteiger partial charge is 0.138 e. The van der Waals surface area contributed by atoms with E-state index in [9.17, 15) is 0 Å². The molecule has 0 amide bonds. The van der Waals surface area contributed by atoms with E-state index in [4.69, 9.17) is 5.73 Å². The highest BCUT2D eigenvalue weighted by atomic mass is 15.3. The molecule has 4 nitrogen and oxygen atoms in total. The summed E-state index contributed by atoms with van der Waals surface area (Å²) in [5.41, 5.74) is 7.12. The Bertz CT molecular complexity index is 488. The molecule has 1 unspecified atom stereocenters. The van der Waals surface area contributed by atoms with Gasteiger partial charge in [-0.25, -0.2) is 4.98 Å². The predicted molar refractivity (Wildman–Crippen MR) is 72.0 cm³/mol. The second-order valence-electron chi connectivity index (χ2n) is 4.86. The highest BCUT2D eigenvalue weighted by Gasteiger charge is 2.23. The molecule has 0 saturated heterocycles. The summed E-state index contributed by atoms with van der Waals surface area (Å²) < 4.78 is 1.94. The first-order chi connectivity index (χ1) is 8.63. The summed E-state index contributed by atoms with van der Waals surface area (Å²) in [6, 6.07) is 10.1. The van der Waals surface area contributed by atoms with Crippen LogP contribution < -0.4 is 5.73 Å². The van der Waals surface area contributed by atoms with E-state index in [1.54, 1.807) is 6.33 Å². The lowest BCUT2D eigenvalue weighted by Gasteiger charge is -2.24. The Morgan fingerprint density at radius 1 is 1.28 bits per heavy atom. The van der Waals surface area contributed by atoms with E-state index in [-0.39, 0.29) is 0 Å². The third-order valence-corrected chi connectivity index (χ3v) is 3.09. The van der Waals surface area contributed by atoms with E-state index in [0.29, 0.717) is 6.42 Å². The molecular weight excluding hydrogens is 224 g/mol. The summed E-state index contributed by atoms with van der Waals surface area (Å²) in [6.45, 7) is 5.05. The number of aromatic nitrogens is 3. The molecule has 0 aliphatic rings. The van der Waals surface area contributed by atoms with Gasteiger partial charge >= 0.3 is 0 Å². The average molecular weight is 244 g/mol. The molecule has 2 rings (SSSR count). The molecule has 0 bridgehead atoms. The lowest BCUT2D eigenvalue weighted by molar-refractivity contribution is 0.451. The molecule has 2 N–H and O–H groups in total. The average Bonchev–Trinajstić information content (AvgIpc) is 2.78. The summed E-state index contributed by atoms with van der Waals surface area (Å²) in [6.07, 6.45) is 3.34. The highest BCUT2D eigenvalue weighted by Crippen LogP contribution is 2.21. The number of aryl methyl sites for hydroxylation is 1. The van der Waals surface area contributed by atoms with Gasteiger partial charge in [-0.15, -0.1) is 0 Å². The normalized spacial score (nSPS) is 14.4. The van der Waals surface area contributed by atoms with E-state index in [1.165, 1.54) is 0 Å². The first kappa shape index (κ1) is 12.8. The first-order valence-corrected chi connectivity index (χ1v) is 6.34. The van der Waals surface area contributed by atoms with Crippen molar-refractivity contribution in [3.8, 4) is 0 Å². The summed E-state index contributed by atoms with van der Waals surface area (Å²) in [4.78, 5) is 4.32. The van der Waals surface area contributed by atoms with Crippen LogP contribution in [0.5, 0.6) is 0 Å². The molecule has 0 saturated carbocycles. The van der Waals surface area contributed by atoms with Crippen LogP contribution in [-0.4, -0.2) is 14.8 Å². The van der Waals surface area contributed by atoms with E-state index in [0.717, 1.165) is 24.4 Å². The molecule has 18 heavy (non-hydrogen) atoms. The fraction of sp³-hybridized carbons (Fsp3) is 0.429. The minimum atomic E-state index is -0.417. The number of nitrogens with two attached hydrogens (primary N) is 1. The van der Waals surface area contributed by atoms with Gasteiger partial charge in [0, 0.05) is 18.5 Å². The maximum Gasteiger partial charge on any atom is 0.138 e. The number of benzene rings is 1. The summed E-state index contributed by atoms with van der Waals surface area (Å²) in [5.74, 6) is 0.950. The molecule has 4 heteroatoms. The zero-order valence-corrected chi connectivity index (χ0v) is 11.0. The maximum absolute atomic E-state index is 6.41. The largest absolute Gasteiger partial charge is 0.321 e. The maximum atomic E-state index is 6.41. The third-order valence-electron chi connectivity index (χ3n) is 3.09. The van der Waals surface area contributed by atoms with Crippen molar-refractivity contribution in [2.45, 2.75) is 38.8 Å². The van der Waals surface area contributed by atoms with Crippen molar-refractivity contribution < 1.29 is 0 Å². The Labute approximate surface area is 108 Å². The van der Waals surface area contributed by atoms with Crippen LogP contribution in [-0.2, 0) is 18.5 Å². The molecule has 1 aromatic carbocycles. The molecular formula is C14H20N4. The van der Waals surface area contributed by atoms with Crippen LogP contribution in [0.4, 0.5) is 0 Å². The van der Waals surface area contributed by atoms with Gasteiger partial charge in [-0.2, -0.15) is 5.10 Å². The second kappa shape index (κ2) is 5.31. The Hall–Kier alpha value is -1.68. The Morgan fingerprint density at radius 2 is 2.00 bits per heavy atom. The topological polar surface area (TPSA) is 56.7 Å². The van der Waals surface area contributed by atoms with Crippen LogP contribution in [0.15, 0.2) is 36.7 Å². The molecule has 1 atom stereocenters. The first-order valence-electron chi connectivity index (χ1n) is 6.34. The number of nitrogens with zero attached hydrogens (tertiary/aromatic N) is 3. The van der Waals surface area contributed by atoms with E-state index in [1.807, 2.05) is 29.8 Å². The monoisotopic (exact) mass is 244 g/mol. The molecule has 0 fully saturated rings. The van der Waals surface area contributed by atoms with Gasteiger partial charge in [-0.1, -0.05) is 37.3 Å². The molecule has 96 valence electrons. The minimum Gasteiger partial charge on any atom is -0.321 e. The standard InChI is InChI=1S/C14H20N4/c1-3-9-18-13(16-11-17-18)10-14(2,15)12-7-5-4-6-8-12/h4-8,11H,3,9-10,15H2,1-2H3. The predicted octanol–water partition coefficient (Wildman–Crippen LogP) is 2.10. The van der Waals surface area contributed by atoms with Crippen molar-refractivity contribution in [2.75, 3.05) is 0 Å². The second-order valence-corrected chi connectivity index (χ2v) is 4.86. The van der Waals surface area contributed by atoms with Crippen molar-refractivity contribution in [1.82, 2.24) is 14.8 Å². The fourth-order valence-electron chi connectivity index (χ4n) is 2.07. The zero-order valence-electron chi connectivity index (χ0n) is 11.0. The number of hydrogen-bond acceptors (Lipinski definition) is 3. The summed E-state index contributed by atoms with van der Waals surface area (Å²) in [5, 5.41) is 4.23. The highest BCUT2D eigenvalue weighted by molar-refractivity contribution is 5.24. The van der Waals surface area contributed by atoms with Gasteiger partial charge in [0.15, 0.2) is 0 Å². The van der Waals surface area contributed by atoms with Gasteiger partial charge in [0.25, 0.3) is 0 Å². The molecule has 1 heterocycles. The Kier molecular flexibility index (Phi) is 3.77. The minimum absolute atomic E-state index is 0.417. The molecule has 1 aromatic heterocycles. The van der Waals surface area contributed by atoms with Crippen molar-refractivity contribution in [2.24, 2.45) is 5.73 Å². The van der Waals surface area contributed by atoms with E-state index < -0.39 is 5.54 Å². The molecule has 0 aliphatic carbocycles.